The molecule has 1 rings (SSSR count). The Hall–Kier alpha value is -1.41. The molecule has 0 unspecified atom stereocenters. The fourth-order valence-corrected chi connectivity index (χ4v) is 2.24. The van der Waals surface area contributed by atoms with Crippen molar-refractivity contribution in [2.45, 2.75) is 39.7 Å². The molecule has 19 heavy (non-hydrogen) atoms. The first kappa shape index (κ1) is 15.6. The number of allylic oxidation sites excluding steroid dienone is 1. The van der Waals surface area contributed by atoms with Crippen LogP contribution in [0.4, 0.5) is 0 Å². The molecule has 0 aliphatic heterocycles. The van der Waals surface area contributed by atoms with Gasteiger partial charge in [0.2, 0.25) is 0 Å². The second kappa shape index (κ2) is 7.25. The Bertz CT molecular complexity index is 420. The molecule has 0 saturated carbocycles. The van der Waals surface area contributed by atoms with Crippen LogP contribution >= 0.6 is 0 Å². The van der Waals surface area contributed by atoms with Crippen LogP contribution in [0.2, 0.25) is 0 Å². The van der Waals surface area contributed by atoms with Gasteiger partial charge in [0.15, 0.2) is 0 Å². The fourth-order valence-electron chi connectivity index (χ4n) is 2.24. The molecule has 0 heterocycles. The SMILES string of the molecule is C=C(Cc1ccccc1)C[C@H](C(C)=O)[C@H](O)C(C)C. The molecule has 0 aromatic heterocycles. The molecule has 2 heteroatoms. The van der Waals surface area contributed by atoms with Gasteiger partial charge in [-0.1, -0.05) is 56.3 Å². The van der Waals surface area contributed by atoms with Gasteiger partial charge in [0.05, 0.1) is 6.10 Å². The molecule has 0 amide bonds. The molecule has 2 nitrogen and oxygen atoms in total. The van der Waals surface area contributed by atoms with Crippen molar-refractivity contribution in [2.75, 3.05) is 0 Å². The Balaban J connectivity index is 2.65. The van der Waals surface area contributed by atoms with E-state index < -0.39 is 6.10 Å². The number of Topliss-reactive ketones (excluding diaryl/α,β-unsaturated/α-hetero) is 1. The van der Waals surface area contributed by atoms with Crippen LogP contribution in [0.5, 0.6) is 0 Å². The van der Waals surface area contributed by atoms with E-state index in [0.717, 1.165) is 12.0 Å². The molecule has 0 radical (unpaired) electrons. The Labute approximate surface area is 116 Å². The van der Waals surface area contributed by atoms with Crippen LogP contribution in [0.3, 0.4) is 0 Å². The largest absolute Gasteiger partial charge is 0.392 e. The predicted octanol–water partition coefficient (Wildman–Crippen LogP) is 3.40. The number of aliphatic hydroxyl groups excluding tert-OH is 1. The molecule has 2 atom stereocenters. The van der Waals surface area contributed by atoms with Crippen molar-refractivity contribution in [3.63, 3.8) is 0 Å². The van der Waals surface area contributed by atoms with Gasteiger partial charge in [0, 0.05) is 5.92 Å². The third-order valence-corrected chi connectivity index (χ3v) is 3.42. The molecule has 0 aliphatic rings. The maximum atomic E-state index is 11.7. The fraction of sp³-hybridized carbons (Fsp3) is 0.471. The van der Waals surface area contributed by atoms with Gasteiger partial charge in [-0.3, -0.25) is 4.79 Å². The average Bonchev–Trinajstić information content (AvgIpc) is 2.36. The first-order chi connectivity index (χ1) is 8.91. The second-order valence-corrected chi connectivity index (χ2v) is 5.57. The number of benzene rings is 1. The summed E-state index contributed by atoms with van der Waals surface area (Å²) in [4.78, 5) is 11.7. The summed E-state index contributed by atoms with van der Waals surface area (Å²) >= 11 is 0. The van der Waals surface area contributed by atoms with Gasteiger partial charge < -0.3 is 5.11 Å². The Morgan fingerprint density at radius 3 is 2.32 bits per heavy atom. The number of ketones is 1. The van der Waals surface area contributed by atoms with E-state index in [1.807, 2.05) is 44.2 Å². The van der Waals surface area contributed by atoms with Crippen LogP contribution in [0.25, 0.3) is 0 Å². The third kappa shape index (κ3) is 4.99. The topological polar surface area (TPSA) is 37.3 Å². The first-order valence-electron chi connectivity index (χ1n) is 6.81. The summed E-state index contributed by atoms with van der Waals surface area (Å²) in [6.45, 7) is 9.46. The van der Waals surface area contributed by atoms with Gasteiger partial charge in [-0.2, -0.15) is 0 Å². The van der Waals surface area contributed by atoms with Crippen LogP contribution < -0.4 is 0 Å². The van der Waals surface area contributed by atoms with E-state index in [-0.39, 0.29) is 17.6 Å². The van der Waals surface area contributed by atoms with Gasteiger partial charge in [-0.25, -0.2) is 0 Å². The maximum absolute atomic E-state index is 11.7. The number of rotatable bonds is 7. The molecule has 0 bridgehead atoms. The number of carbonyl (C=O) groups is 1. The monoisotopic (exact) mass is 260 g/mol. The minimum absolute atomic E-state index is 0.0374. The summed E-state index contributed by atoms with van der Waals surface area (Å²) in [6.07, 6.45) is 0.726. The first-order valence-corrected chi connectivity index (χ1v) is 6.81. The molecule has 0 aliphatic carbocycles. The van der Waals surface area contributed by atoms with Crippen molar-refractivity contribution >= 4 is 5.78 Å². The average molecular weight is 260 g/mol. The summed E-state index contributed by atoms with van der Waals surface area (Å²) in [5.74, 6) is -0.218. The van der Waals surface area contributed by atoms with E-state index in [4.69, 9.17) is 0 Å². The zero-order valence-corrected chi connectivity index (χ0v) is 12.1. The lowest BCUT2D eigenvalue weighted by Gasteiger charge is -2.24. The highest BCUT2D eigenvalue weighted by molar-refractivity contribution is 5.79. The quantitative estimate of drug-likeness (QED) is 0.763. The minimum atomic E-state index is -0.593. The maximum Gasteiger partial charge on any atom is 0.135 e. The van der Waals surface area contributed by atoms with Crippen LogP contribution in [0.15, 0.2) is 42.5 Å². The molecule has 0 fully saturated rings. The number of hydrogen-bond acceptors (Lipinski definition) is 2. The number of aliphatic hydroxyl groups is 1. The standard InChI is InChI=1S/C17H24O2/c1-12(2)17(19)16(14(4)18)11-13(3)10-15-8-6-5-7-9-15/h5-9,12,16-17,19H,3,10-11H2,1-2,4H3/t16-,17-/m1/s1. The zero-order valence-electron chi connectivity index (χ0n) is 12.1. The van der Waals surface area contributed by atoms with Gasteiger partial charge in [0.1, 0.15) is 5.78 Å². The van der Waals surface area contributed by atoms with Crippen molar-refractivity contribution in [3.8, 4) is 0 Å². The summed E-state index contributed by atoms with van der Waals surface area (Å²) < 4.78 is 0. The molecule has 0 spiro atoms. The van der Waals surface area contributed by atoms with Crippen molar-refractivity contribution in [1.29, 1.82) is 0 Å². The van der Waals surface area contributed by atoms with E-state index in [2.05, 4.69) is 6.58 Å². The minimum Gasteiger partial charge on any atom is -0.392 e. The highest BCUT2D eigenvalue weighted by atomic mass is 16.3. The summed E-state index contributed by atoms with van der Waals surface area (Å²) in [7, 11) is 0. The van der Waals surface area contributed by atoms with E-state index in [1.54, 1.807) is 6.92 Å². The normalized spacial score (nSPS) is 14.2. The number of hydrogen-bond donors (Lipinski definition) is 1. The van der Waals surface area contributed by atoms with Crippen molar-refractivity contribution in [3.05, 3.63) is 48.0 Å². The Kier molecular flexibility index (Phi) is 5.97. The Morgan fingerprint density at radius 1 is 1.26 bits per heavy atom. The third-order valence-electron chi connectivity index (χ3n) is 3.42. The Morgan fingerprint density at radius 2 is 1.84 bits per heavy atom. The lowest BCUT2D eigenvalue weighted by molar-refractivity contribution is -0.125. The van der Waals surface area contributed by atoms with Crippen molar-refractivity contribution in [2.24, 2.45) is 11.8 Å². The zero-order chi connectivity index (χ0) is 14.4. The van der Waals surface area contributed by atoms with Gasteiger partial charge in [-0.05, 0) is 31.2 Å². The highest BCUT2D eigenvalue weighted by Gasteiger charge is 2.26. The van der Waals surface area contributed by atoms with Crippen molar-refractivity contribution in [1.82, 2.24) is 0 Å². The lowest BCUT2D eigenvalue weighted by Crippen LogP contribution is -2.31. The molecule has 104 valence electrons. The van der Waals surface area contributed by atoms with E-state index in [0.29, 0.717) is 6.42 Å². The van der Waals surface area contributed by atoms with E-state index >= 15 is 0 Å². The summed E-state index contributed by atoms with van der Waals surface area (Å²) in [5.41, 5.74) is 2.18. The van der Waals surface area contributed by atoms with E-state index in [9.17, 15) is 9.90 Å². The number of carbonyl (C=O) groups excluding carboxylic acids is 1. The molecular weight excluding hydrogens is 236 g/mol. The molecule has 0 saturated heterocycles. The molecule has 1 aromatic rings. The summed E-state index contributed by atoms with van der Waals surface area (Å²) in [6, 6.07) is 10.1. The molecule has 1 aromatic carbocycles. The van der Waals surface area contributed by atoms with Crippen LogP contribution in [-0.4, -0.2) is 17.0 Å². The van der Waals surface area contributed by atoms with Crippen LogP contribution in [-0.2, 0) is 11.2 Å². The van der Waals surface area contributed by atoms with E-state index in [1.165, 1.54) is 5.56 Å². The molecular formula is C17H24O2. The van der Waals surface area contributed by atoms with Gasteiger partial charge in [0.25, 0.3) is 0 Å². The van der Waals surface area contributed by atoms with Crippen LogP contribution in [0.1, 0.15) is 32.8 Å². The van der Waals surface area contributed by atoms with Gasteiger partial charge in [-0.15, -0.1) is 0 Å². The highest BCUT2D eigenvalue weighted by Crippen LogP contribution is 2.23. The smallest absolute Gasteiger partial charge is 0.135 e. The summed E-state index contributed by atoms with van der Waals surface area (Å²) in [5, 5.41) is 10.1. The van der Waals surface area contributed by atoms with Crippen LogP contribution in [0, 0.1) is 11.8 Å². The lowest BCUT2D eigenvalue weighted by atomic mass is 9.84. The van der Waals surface area contributed by atoms with Gasteiger partial charge >= 0.3 is 0 Å². The second-order valence-electron chi connectivity index (χ2n) is 5.57. The predicted molar refractivity (Wildman–Crippen MR) is 78.9 cm³/mol. The molecule has 1 N–H and O–H groups in total. The van der Waals surface area contributed by atoms with Crippen molar-refractivity contribution < 1.29 is 9.90 Å².